The Balaban J connectivity index is 0.000000161. The van der Waals surface area contributed by atoms with Gasteiger partial charge in [0.2, 0.25) is 0 Å². The first-order valence-corrected chi connectivity index (χ1v) is 13.5. The van der Waals surface area contributed by atoms with E-state index in [4.69, 9.17) is 11.5 Å². The van der Waals surface area contributed by atoms with Crippen molar-refractivity contribution in [1.29, 1.82) is 0 Å². The van der Waals surface area contributed by atoms with Gasteiger partial charge in [0.1, 0.15) is 11.5 Å². The van der Waals surface area contributed by atoms with E-state index in [1.54, 1.807) is 36.5 Å². The summed E-state index contributed by atoms with van der Waals surface area (Å²) in [5.74, 6) is -0.706. The summed E-state index contributed by atoms with van der Waals surface area (Å²) in [5, 5.41) is 1.37. The minimum absolute atomic E-state index is 0.0907. The van der Waals surface area contributed by atoms with Gasteiger partial charge < -0.3 is 16.0 Å². The SMILES string of the molecule is C1CCCCC1.NC(=O)c1cn(Cc2ccc(F)cc2)c2ccccc12.Nc1cc(C(F)(F)F)nc2ccccc12. The van der Waals surface area contributed by atoms with Crippen LogP contribution in [-0.2, 0) is 12.7 Å². The Labute approximate surface area is 235 Å². The molecule has 1 aliphatic rings. The predicted molar refractivity (Wildman–Crippen MR) is 155 cm³/mol. The number of nitrogens with zero attached hydrogens (tertiary/aromatic N) is 2. The number of fused-ring (bicyclic) bond motifs is 2. The van der Waals surface area contributed by atoms with Crippen molar-refractivity contribution in [3.8, 4) is 0 Å². The lowest BCUT2D eigenvalue weighted by Crippen LogP contribution is -2.10. The first-order valence-electron chi connectivity index (χ1n) is 13.5. The topological polar surface area (TPSA) is 86.9 Å². The molecule has 0 aliphatic heterocycles. The Bertz CT molecular complexity index is 1590. The third-order valence-corrected chi connectivity index (χ3v) is 6.86. The van der Waals surface area contributed by atoms with E-state index in [1.807, 2.05) is 28.8 Å². The molecular weight excluding hydrogens is 532 g/mol. The number of hydrogen-bond acceptors (Lipinski definition) is 3. The molecule has 1 fully saturated rings. The second-order valence-electron chi connectivity index (χ2n) is 9.91. The van der Waals surface area contributed by atoms with E-state index in [2.05, 4.69) is 4.98 Å². The van der Waals surface area contributed by atoms with Crippen molar-refractivity contribution < 1.29 is 22.4 Å². The van der Waals surface area contributed by atoms with Crippen LogP contribution >= 0.6 is 0 Å². The number of hydrogen-bond donors (Lipinski definition) is 2. The average molecular weight is 565 g/mol. The van der Waals surface area contributed by atoms with Crippen molar-refractivity contribution in [2.45, 2.75) is 51.2 Å². The average Bonchev–Trinajstić information content (AvgIpc) is 3.34. The minimum atomic E-state index is -4.46. The molecule has 0 atom stereocenters. The highest BCUT2D eigenvalue weighted by molar-refractivity contribution is 6.06. The molecule has 5 aromatic rings. The molecule has 5 nitrogen and oxygen atoms in total. The summed E-state index contributed by atoms with van der Waals surface area (Å²) in [4.78, 5) is 15.0. The van der Waals surface area contributed by atoms with Crippen LogP contribution < -0.4 is 11.5 Å². The lowest BCUT2D eigenvalue weighted by atomic mass is 10.0. The van der Waals surface area contributed by atoms with Crippen LogP contribution in [0.25, 0.3) is 21.8 Å². The molecule has 214 valence electrons. The van der Waals surface area contributed by atoms with E-state index in [-0.39, 0.29) is 17.0 Å². The molecule has 0 unspecified atom stereocenters. The first kappa shape index (κ1) is 29.6. The zero-order chi connectivity index (χ0) is 29.4. The molecule has 2 aromatic heterocycles. The number of nitrogen functional groups attached to an aromatic ring is 1. The maximum absolute atomic E-state index is 12.9. The van der Waals surface area contributed by atoms with Gasteiger partial charge in [-0.15, -0.1) is 0 Å². The van der Waals surface area contributed by atoms with Crippen LogP contribution in [0.2, 0.25) is 0 Å². The summed E-state index contributed by atoms with van der Waals surface area (Å²) < 4.78 is 52.0. The molecule has 0 radical (unpaired) electrons. The Kier molecular flexibility index (Phi) is 9.60. The maximum Gasteiger partial charge on any atom is 0.433 e. The van der Waals surface area contributed by atoms with Gasteiger partial charge in [-0.25, -0.2) is 9.37 Å². The minimum Gasteiger partial charge on any atom is -0.398 e. The van der Waals surface area contributed by atoms with Crippen molar-refractivity contribution in [2.24, 2.45) is 5.73 Å². The number of carbonyl (C=O) groups excluding carboxylic acids is 1. The first-order chi connectivity index (χ1) is 19.6. The molecular formula is C32H32F4N4O. The number of halogens is 4. The van der Waals surface area contributed by atoms with Crippen molar-refractivity contribution in [3.05, 3.63) is 108 Å². The maximum atomic E-state index is 12.9. The van der Waals surface area contributed by atoms with Crippen LogP contribution in [-0.4, -0.2) is 15.5 Å². The number of rotatable bonds is 3. The van der Waals surface area contributed by atoms with Crippen LogP contribution in [0.15, 0.2) is 85.1 Å². The molecule has 41 heavy (non-hydrogen) atoms. The van der Waals surface area contributed by atoms with Crippen molar-refractivity contribution >= 4 is 33.4 Å². The van der Waals surface area contributed by atoms with E-state index in [9.17, 15) is 22.4 Å². The van der Waals surface area contributed by atoms with E-state index in [0.29, 0.717) is 17.5 Å². The number of benzene rings is 3. The second-order valence-corrected chi connectivity index (χ2v) is 9.91. The number of primary amides is 1. The van der Waals surface area contributed by atoms with Crippen LogP contribution in [0.5, 0.6) is 0 Å². The van der Waals surface area contributed by atoms with Crippen molar-refractivity contribution in [2.75, 3.05) is 5.73 Å². The van der Waals surface area contributed by atoms with Gasteiger partial charge in [-0.2, -0.15) is 13.2 Å². The fourth-order valence-corrected chi connectivity index (χ4v) is 4.77. The summed E-state index contributed by atoms with van der Waals surface area (Å²) in [6.45, 7) is 0.564. The molecule has 1 saturated carbocycles. The highest BCUT2D eigenvalue weighted by atomic mass is 19.4. The van der Waals surface area contributed by atoms with Gasteiger partial charge in [0, 0.05) is 34.7 Å². The molecule has 3 aromatic carbocycles. The second kappa shape index (κ2) is 13.3. The van der Waals surface area contributed by atoms with Gasteiger partial charge >= 0.3 is 6.18 Å². The van der Waals surface area contributed by atoms with E-state index >= 15 is 0 Å². The Morgan fingerprint density at radius 1 is 0.829 bits per heavy atom. The molecule has 6 rings (SSSR count). The zero-order valence-electron chi connectivity index (χ0n) is 22.5. The molecule has 0 bridgehead atoms. The van der Waals surface area contributed by atoms with Crippen molar-refractivity contribution in [3.63, 3.8) is 0 Å². The quantitative estimate of drug-likeness (QED) is 0.217. The molecule has 0 saturated heterocycles. The summed E-state index contributed by atoms with van der Waals surface area (Å²) in [5.41, 5.74) is 12.7. The number of alkyl halides is 3. The lowest BCUT2D eigenvalue weighted by molar-refractivity contribution is -0.140. The number of aromatic nitrogens is 2. The highest BCUT2D eigenvalue weighted by Crippen LogP contribution is 2.31. The van der Waals surface area contributed by atoms with Crippen molar-refractivity contribution in [1.82, 2.24) is 9.55 Å². The van der Waals surface area contributed by atoms with Gasteiger partial charge in [0.15, 0.2) is 0 Å². The molecule has 2 heterocycles. The number of carbonyl (C=O) groups is 1. The molecule has 9 heteroatoms. The Morgan fingerprint density at radius 3 is 1.98 bits per heavy atom. The molecule has 1 aliphatic carbocycles. The van der Waals surface area contributed by atoms with E-state index in [0.717, 1.165) is 22.5 Å². The highest BCUT2D eigenvalue weighted by Gasteiger charge is 2.33. The zero-order valence-corrected chi connectivity index (χ0v) is 22.5. The largest absolute Gasteiger partial charge is 0.433 e. The number of nitrogens with two attached hydrogens (primary N) is 2. The fourth-order valence-electron chi connectivity index (χ4n) is 4.77. The van der Waals surface area contributed by atoms with Crippen LogP contribution in [0.4, 0.5) is 23.2 Å². The standard InChI is InChI=1S/C16H13FN2O.C10H7F3N2.C6H12/c17-12-7-5-11(6-8-12)9-19-10-14(16(18)20)13-3-1-2-4-15(13)19;11-10(12,13)9-5-7(14)6-3-1-2-4-8(6)15-9;1-2-4-6-5-3-1/h1-8,10H,9H2,(H2,18,20);1-5H,(H2,14,15);1-6H2. The monoisotopic (exact) mass is 564 g/mol. The summed E-state index contributed by atoms with van der Waals surface area (Å²) >= 11 is 0. The lowest BCUT2D eigenvalue weighted by Gasteiger charge is -2.08. The normalized spacial score (nSPS) is 13.2. The molecule has 0 spiro atoms. The summed E-state index contributed by atoms with van der Waals surface area (Å²) in [6, 6.07) is 21.2. The number of pyridine rings is 1. The number of para-hydroxylation sites is 2. The fraction of sp³-hybridized carbons (Fsp3) is 0.250. The summed E-state index contributed by atoms with van der Waals surface area (Å²) in [6.07, 6.45) is 6.29. The smallest absolute Gasteiger partial charge is 0.398 e. The Morgan fingerprint density at radius 2 is 1.39 bits per heavy atom. The summed E-state index contributed by atoms with van der Waals surface area (Å²) in [7, 11) is 0. The van der Waals surface area contributed by atoms with E-state index in [1.165, 1.54) is 56.7 Å². The third-order valence-electron chi connectivity index (χ3n) is 6.86. The predicted octanol–water partition coefficient (Wildman–Crippen LogP) is 8.10. The molecule has 4 N–H and O–H groups in total. The van der Waals surface area contributed by atoms with Gasteiger partial charge in [-0.05, 0) is 35.9 Å². The third kappa shape index (κ3) is 7.84. The van der Waals surface area contributed by atoms with Gasteiger partial charge in [-0.1, -0.05) is 87.1 Å². The van der Waals surface area contributed by atoms with Gasteiger partial charge in [-0.3, -0.25) is 4.79 Å². The Hall–Kier alpha value is -4.40. The van der Waals surface area contributed by atoms with Gasteiger partial charge in [0.05, 0.1) is 11.1 Å². The number of anilines is 1. The van der Waals surface area contributed by atoms with Crippen LogP contribution in [0, 0.1) is 5.82 Å². The van der Waals surface area contributed by atoms with E-state index < -0.39 is 17.8 Å². The number of amides is 1. The van der Waals surface area contributed by atoms with Crippen LogP contribution in [0.1, 0.15) is 60.1 Å². The van der Waals surface area contributed by atoms with Gasteiger partial charge in [0.25, 0.3) is 5.91 Å². The van der Waals surface area contributed by atoms with Crippen LogP contribution in [0.3, 0.4) is 0 Å². The molecule has 1 amide bonds.